The predicted octanol–water partition coefficient (Wildman–Crippen LogP) is 16.6. The standard InChI is InChI=1S/C66H111NO8/c1-6-8-10-12-14-16-18-20-22-24-25-26-27-28-29-30-31-32-33-34-35-36-37-38-39-41-43-45-47-49-51-53-55-57-64(69)75-62(61-74-66(65(70)71)72-59-58-67(3,4)5)60-73-63(68)56-54-52-50-48-46-44-42-40-23-21-19-17-15-13-11-9-7-2/h8,10,14-17,20-23,25-26,28-29,31-32,34-35,62,66H,6-7,9,11-13,18-19,24,27,30,33,36-61H2,1-5H3/b10-8-,16-14-,17-15-,22-20-,23-21-,26-25-,29-28-,32-31-,35-34-. The number of likely N-dealkylation sites (N-methyl/N-ethyl adjacent to an activating group) is 1. The van der Waals surface area contributed by atoms with Crippen molar-refractivity contribution in [1.29, 1.82) is 0 Å². The molecule has 0 aliphatic heterocycles. The molecule has 75 heavy (non-hydrogen) atoms. The van der Waals surface area contributed by atoms with Crippen LogP contribution in [-0.2, 0) is 33.3 Å². The van der Waals surface area contributed by atoms with Gasteiger partial charge in [0.15, 0.2) is 12.4 Å². The number of hydrogen-bond acceptors (Lipinski definition) is 8. The van der Waals surface area contributed by atoms with Crippen molar-refractivity contribution in [2.75, 3.05) is 47.5 Å². The second kappa shape index (κ2) is 56.2. The third-order valence-electron chi connectivity index (χ3n) is 12.5. The van der Waals surface area contributed by atoms with Gasteiger partial charge in [-0.3, -0.25) is 9.59 Å². The van der Waals surface area contributed by atoms with Crippen molar-refractivity contribution in [3.05, 3.63) is 109 Å². The van der Waals surface area contributed by atoms with E-state index in [4.69, 9.17) is 18.9 Å². The summed E-state index contributed by atoms with van der Waals surface area (Å²) in [7, 11) is 5.91. The van der Waals surface area contributed by atoms with Gasteiger partial charge in [-0.25, -0.2) is 0 Å². The molecule has 0 fully saturated rings. The average molecular weight is 1050 g/mol. The van der Waals surface area contributed by atoms with Gasteiger partial charge in [0.25, 0.3) is 0 Å². The van der Waals surface area contributed by atoms with E-state index in [2.05, 4.69) is 123 Å². The number of esters is 2. The second-order valence-electron chi connectivity index (χ2n) is 20.9. The normalized spacial score (nSPS) is 13.6. The van der Waals surface area contributed by atoms with Crippen LogP contribution in [0.4, 0.5) is 0 Å². The first-order chi connectivity index (χ1) is 36.6. The molecule has 0 N–H and O–H groups in total. The average Bonchev–Trinajstić information content (AvgIpc) is 3.38. The molecule has 0 aromatic rings. The second-order valence-corrected chi connectivity index (χ2v) is 20.9. The van der Waals surface area contributed by atoms with Gasteiger partial charge in [0, 0.05) is 12.8 Å². The van der Waals surface area contributed by atoms with Crippen molar-refractivity contribution in [3.63, 3.8) is 0 Å². The number of ether oxygens (including phenoxy) is 4. The first-order valence-corrected chi connectivity index (χ1v) is 30.0. The quantitative estimate of drug-likeness (QED) is 0.0195. The monoisotopic (exact) mass is 1050 g/mol. The molecule has 0 aromatic carbocycles. The molecule has 0 aromatic heterocycles. The maximum absolute atomic E-state index is 12.9. The van der Waals surface area contributed by atoms with Gasteiger partial charge in [-0.2, -0.15) is 0 Å². The van der Waals surface area contributed by atoms with Crippen LogP contribution in [0.2, 0.25) is 0 Å². The molecule has 428 valence electrons. The van der Waals surface area contributed by atoms with E-state index in [0.29, 0.717) is 17.4 Å². The predicted molar refractivity (Wildman–Crippen MR) is 315 cm³/mol. The molecule has 9 heteroatoms. The van der Waals surface area contributed by atoms with Crippen LogP contribution in [0.5, 0.6) is 0 Å². The Morgan fingerprint density at radius 2 is 0.760 bits per heavy atom. The van der Waals surface area contributed by atoms with E-state index < -0.39 is 24.3 Å². The molecule has 0 aliphatic carbocycles. The number of carbonyl (C=O) groups is 3. The lowest BCUT2D eigenvalue weighted by molar-refractivity contribution is -0.870. The number of allylic oxidation sites excluding steroid dienone is 18. The zero-order valence-electron chi connectivity index (χ0n) is 48.6. The highest BCUT2D eigenvalue weighted by Gasteiger charge is 2.22. The van der Waals surface area contributed by atoms with E-state index >= 15 is 0 Å². The Kier molecular flexibility index (Phi) is 53.1. The van der Waals surface area contributed by atoms with Crippen LogP contribution in [-0.4, -0.2) is 82.3 Å². The minimum Gasteiger partial charge on any atom is -0.545 e. The van der Waals surface area contributed by atoms with Crippen LogP contribution in [0.25, 0.3) is 0 Å². The first-order valence-electron chi connectivity index (χ1n) is 30.0. The highest BCUT2D eigenvalue weighted by molar-refractivity contribution is 5.70. The maximum atomic E-state index is 12.9. The van der Waals surface area contributed by atoms with Crippen LogP contribution in [0.3, 0.4) is 0 Å². The minimum atomic E-state index is -1.63. The Balaban J connectivity index is 4.21. The van der Waals surface area contributed by atoms with Crippen LogP contribution in [0.15, 0.2) is 109 Å². The molecule has 0 rings (SSSR count). The van der Waals surface area contributed by atoms with Gasteiger partial charge >= 0.3 is 11.9 Å². The molecular formula is C66H111NO8. The highest BCUT2D eigenvalue weighted by atomic mass is 16.7. The molecule has 0 saturated heterocycles. The van der Waals surface area contributed by atoms with Crippen molar-refractivity contribution >= 4 is 17.9 Å². The molecule has 9 nitrogen and oxygen atoms in total. The zero-order chi connectivity index (χ0) is 54.8. The van der Waals surface area contributed by atoms with Gasteiger partial charge < -0.3 is 33.3 Å². The molecule has 0 amide bonds. The third kappa shape index (κ3) is 57.5. The number of carbonyl (C=O) groups excluding carboxylic acids is 3. The third-order valence-corrected chi connectivity index (χ3v) is 12.5. The number of rotatable bonds is 54. The van der Waals surface area contributed by atoms with E-state index in [-0.39, 0.29) is 38.6 Å². The Morgan fingerprint density at radius 3 is 1.13 bits per heavy atom. The van der Waals surface area contributed by atoms with Gasteiger partial charge in [-0.05, 0) is 103 Å². The lowest BCUT2D eigenvalue weighted by atomic mass is 10.0. The fourth-order valence-corrected chi connectivity index (χ4v) is 7.90. The van der Waals surface area contributed by atoms with Crippen LogP contribution < -0.4 is 5.11 Å². The lowest BCUT2D eigenvalue weighted by Crippen LogP contribution is -2.44. The molecule has 0 bridgehead atoms. The van der Waals surface area contributed by atoms with E-state index in [0.717, 1.165) is 109 Å². The van der Waals surface area contributed by atoms with E-state index in [9.17, 15) is 19.5 Å². The van der Waals surface area contributed by atoms with Gasteiger partial charge in [-0.15, -0.1) is 0 Å². The number of nitrogens with zero attached hydrogens (tertiary/aromatic N) is 1. The van der Waals surface area contributed by atoms with Gasteiger partial charge in [0.2, 0.25) is 0 Å². The number of hydrogen-bond donors (Lipinski definition) is 0. The number of unbranched alkanes of at least 4 members (excludes halogenated alkanes) is 21. The summed E-state index contributed by atoms with van der Waals surface area (Å²) in [5.74, 6) is -2.30. The Hall–Kier alpha value is -4.05. The maximum Gasteiger partial charge on any atom is 0.306 e. The number of carboxylic acid groups (broad SMARTS) is 1. The van der Waals surface area contributed by atoms with Crippen LogP contribution >= 0.6 is 0 Å². The number of quaternary nitrogens is 1. The molecule has 0 radical (unpaired) electrons. The van der Waals surface area contributed by atoms with E-state index in [1.807, 2.05) is 21.1 Å². The summed E-state index contributed by atoms with van der Waals surface area (Å²) in [6, 6.07) is 0. The number of aliphatic carboxylic acids is 1. The molecule has 2 unspecified atom stereocenters. The smallest absolute Gasteiger partial charge is 0.306 e. The summed E-state index contributed by atoms with van der Waals surface area (Å²) in [5.41, 5.74) is 0. The van der Waals surface area contributed by atoms with E-state index in [1.165, 1.54) is 89.9 Å². The van der Waals surface area contributed by atoms with Crippen molar-refractivity contribution < 1.29 is 42.9 Å². The molecule has 0 aliphatic rings. The van der Waals surface area contributed by atoms with Crippen molar-refractivity contribution in [2.24, 2.45) is 0 Å². The Labute approximate surface area is 460 Å². The molecule has 0 heterocycles. The van der Waals surface area contributed by atoms with E-state index in [1.54, 1.807) is 0 Å². The number of carboxylic acids is 1. The van der Waals surface area contributed by atoms with Crippen molar-refractivity contribution in [3.8, 4) is 0 Å². The first kappa shape index (κ1) is 71.0. The topological polar surface area (TPSA) is 111 Å². The summed E-state index contributed by atoms with van der Waals surface area (Å²) in [6.45, 7) is 4.59. The van der Waals surface area contributed by atoms with Crippen LogP contribution in [0.1, 0.15) is 232 Å². The minimum absolute atomic E-state index is 0.141. The van der Waals surface area contributed by atoms with Crippen LogP contribution in [0, 0.1) is 0 Å². The van der Waals surface area contributed by atoms with Gasteiger partial charge in [0.05, 0.1) is 40.3 Å². The van der Waals surface area contributed by atoms with Crippen molar-refractivity contribution in [2.45, 2.75) is 245 Å². The molecule has 2 atom stereocenters. The SMILES string of the molecule is CC/C=C\C/C=C\C/C=C\C/C=C\C/C=C\C/C=C\C/C=C\CCCCCCCCCCCCCC(=O)OC(COC(=O)CCCCCCCCC/C=C\C/C=C\CCCCC)COC(OCC[N+](C)(C)C)C(=O)[O-]. The summed E-state index contributed by atoms with van der Waals surface area (Å²) >= 11 is 0. The summed E-state index contributed by atoms with van der Waals surface area (Å²) in [4.78, 5) is 37.3. The van der Waals surface area contributed by atoms with Gasteiger partial charge in [0.1, 0.15) is 13.2 Å². The summed E-state index contributed by atoms with van der Waals surface area (Å²) < 4.78 is 22.7. The zero-order valence-corrected chi connectivity index (χ0v) is 48.6. The molecular weight excluding hydrogens is 935 g/mol. The summed E-state index contributed by atoms with van der Waals surface area (Å²) in [5, 5.41) is 11.8. The highest BCUT2D eigenvalue weighted by Crippen LogP contribution is 2.15. The molecule has 0 saturated carbocycles. The molecule has 0 spiro atoms. The Morgan fingerprint density at radius 1 is 0.413 bits per heavy atom. The fourth-order valence-electron chi connectivity index (χ4n) is 7.90. The Bertz CT molecular complexity index is 1590. The van der Waals surface area contributed by atoms with Crippen molar-refractivity contribution in [1.82, 2.24) is 0 Å². The summed E-state index contributed by atoms with van der Waals surface area (Å²) in [6.07, 6.45) is 74.2. The fraction of sp³-hybridized carbons (Fsp3) is 0.682. The largest absolute Gasteiger partial charge is 0.545 e. The lowest BCUT2D eigenvalue weighted by Gasteiger charge is -2.26. The van der Waals surface area contributed by atoms with Gasteiger partial charge in [-0.1, -0.05) is 226 Å².